The van der Waals surface area contributed by atoms with Gasteiger partial charge in [-0.2, -0.15) is 0 Å². The van der Waals surface area contributed by atoms with E-state index in [2.05, 4.69) is 27.2 Å². The van der Waals surface area contributed by atoms with E-state index in [1.165, 1.54) is 12.5 Å². The maximum Gasteiger partial charge on any atom is 0.183 e. The zero-order chi connectivity index (χ0) is 10.8. The first-order valence-electron chi connectivity index (χ1n) is 4.02. The number of halogens is 2. The van der Waals surface area contributed by atoms with E-state index in [1.807, 2.05) is 0 Å². The first-order chi connectivity index (χ1) is 7.18. The predicted octanol–water partition coefficient (Wildman–Crippen LogP) is 2.48. The smallest absolute Gasteiger partial charge is 0.183 e. The molecule has 2 aromatic heterocycles. The van der Waals surface area contributed by atoms with E-state index < -0.39 is 11.6 Å². The molecule has 0 aliphatic rings. The highest BCUT2D eigenvalue weighted by molar-refractivity contribution is 7.71. The number of nitrogens with zero attached hydrogens (tertiary/aromatic N) is 2. The summed E-state index contributed by atoms with van der Waals surface area (Å²) in [5.74, 6) is -1.22. The normalized spacial score (nSPS) is 10.3. The van der Waals surface area contributed by atoms with Crippen LogP contribution in [0.4, 0.5) is 8.78 Å². The third kappa shape index (κ3) is 1.89. The van der Waals surface area contributed by atoms with Crippen LogP contribution in [-0.2, 0) is 0 Å². The Morgan fingerprint density at radius 3 is 2.80 bits per heavy atom. The van der Waals surface area contributed by atoms with Crippen molar-refractivity contribution in [1.82, 2.24) is 15.0 Å². The Morgan fingerprint density at radius 1 is 1.27 bits per heavy atom. The van der Waals surface area contributed by atoms with Gasteiger partial charge in [0.25, 0.3) is 0 Å². The molecule has 1 N–H and O–H groups in total. The van der Waals surface area contributed by atoms with Crippen molar-refractivity contribution in [2.75, 3.05) is 0 Å². The van der Waals surface area contributed by atoms with Crippen LogP contribution in [0.1, 0.15) is 0 Å². The van der Waals surface area contributed by atoms with Crippen molar-refractivity contribution in [3.8, 4) is 11.3 Å². The average molecular weight is 225 g/mol. The molecule has 0 unspecified atom stereocenters. The minimum absolute atomic E-state index is 0.0852. The molecule has 0 amide bonds. The van der Waals surface area contributed by atoms with Crippen LogP contribution in [0.3, 0.4) is 0 Å². The molecule has 76 valence electrons. The van der Waals surface area contributed by atoms with E-state index in [0.717, 1.165) is 12.3 Å². The summed E-state index contributed by atoms with van der Waals surface area (Å²) in [6.07, 6.45) is 3.63. The van der Waals surface area contributed by atoms with E-state index in [0.29, 0.717) is 5.56 Å². The number of H-pyrrole nitrogens is 1. The van der Waals surface area contributed by atoms with Crippen molar-refractivity contribution in [1.29, 1.82) is 0 Å². The van der Waals surface area contributed by atoms with Crippen LogP contribution < -0.4 is 0 Å². The van der Waals surface area contributed by atoms with Crippen LogP contribution in [-0.4, -0.2) is 15.0 Å². The van der Waals surface area contributed by atoms with E-state index in [4.69, 9.17) is 0 Å². The Labute approximate surface area is 88.8 Å². The topological polar surface area (TPSA) is 41.6 Å². The van der Waals surface area contributed by atoms with E-state index >= 15 is 0 Å². The van der Waals surface area contributed by atoms with Crippen LogP contribution >= 0.6 is 12.2 Å². The fraction of sp³-hybridized carbons (Fsp3) is 0. The molecule has 0 saturated carbocycles. The summed E-state index contributed by atoms with van der Waals surface area (Å²) in [6.45, 7) is 0. The molecule has 0 saturated heterocycles. The lowest BCUT2D eigenvalue weighted by molar-refractivity contribution is 0.609. The third-order valence-electron chi connectivity index (χ3n) is 1.79. The van der Waals surface area contributed by atoms with Gasteiger partial charge in [0.2, 0.25) is 0 Å². The molecule has 2 rings (SSSR count). The summed E-state index contributed by atoms with van der Waals surface area (Å²) in [6, 6.07) is 1.16. The summed E-state index contributed by atoms with van der Waals surface area (Å²) in [7, 11) is 0. The second-order valence-corrected chi connectivity index (χ2v) is 3.18. The minimum atomic E-state index is -0.681. The number of rotatable bonds is 1. The fourth-order valence-electron chi connectivity index (χ4n) is 1.14. The number of hydrogen-bond acceptors (Lipinski definition) is 3. The standard InChI is InChI=1S/C9H5F2N3S/c10-6-1-5(2-12-3-6)8-7(11)9(15)14-4-13-8/h1-4H,(H,13,14,15). The van der Waals surface area contributed by atoms with Gasteiger partial charge in [-0.3, -0.25) is 4.98 Å². The van der Waals surface area contributed by atoms with Crippen LogP contribution in [0.2, 0.25) is 0 Å². The van der Waals surface area contributed by atoms with Gasteiger partial charge in [0.05, 0.1) is 18.2 Å². The Kier molecular flexibility index (Phi) is 2.51. The van der Waals surface area contributed by atoms with Gasteiger partial charge < -0.3 is 4.98 Å². The van der Waals surface area contributed by atoms with Crippen molar-refractivity contribution >= 4 is 12.2 Å². The highest BCUT2D eigenvalue weighted by Gasteiger charge is 2.08. The molecular weight excluding hydrogens is 220 g/mol. The van der Waals surface area contributed by atoms with Gasteiger partial charge >= 0.3 is 0 Å². The van der Waals surface area contributed by atoms with Gasteiger partial charge in [-0.05, 0) is 6.07 Å². The number of aromatic nitrogens is 3. The van der Waals surface area contributed by atoms with Crippen LogP contribution in [0.5, 0.6) is 0 Å². The second-order valence-electron chi connectivity index (χ2n) is 2.79. The minimum Gasteiger partial charge on any atom is -0.343 e. The Balaban J connectivity index is 2.64. The maximum absolute atomic E-state index is 13.5. The first-order valence-corrected chi connectivity index (χ1v) is 4.43. The molecule has 0 aliphatic carbocycles. The molecule has 0 bridgehead atoms. The molecule has 2 heterocycles. The summed E-state index contributed by atoms with van der Waals surface area (Å²) < 4.78 is 26.2. The zero-order valence-corrected chi connectivity index (χ0v) is 8.18. The second kappa shape index (κ2) is 3.82. The van der Waals surface area contributed by atoms with Gasteiger partial charge in [-0.1, -0.05) is 12.2 Å². The van der Waals surface area contributed by atoms with Crippen LogP contribution in [0, 0.1) is 16.3 Å². The van der Waals surface area contributed by atoms with E-state index in [1.54, 1.807) is 0 Å². The van der Waals surface area contributed by atoms with Crippen molar-refractivity contribution in [3.05, 3.63) is 41.1 Å². The Hall–Kier alpha value is -1.69. The maximum atomic E-state index is 13.5. The number of aromatic amines is 1. The SMILES string of the molecule is Fc1cncc(-c2[nH]cnc(=S)c2F)c1. The van der Waals surface area contributed by atoms with E-state index in [9.17, 15) is 8.78 Å². The number of nitrogens with one attached hydrogen (secondary N) is 1. The molecule has 0 fully saturated rings. The monoisotopic (exact) mass is 225 g/mol. The third-order valence-corrected chi connectivity index (χ3v) is 2.08. The van der Waals surface area contributed by atoms with Gasteiger partial charge in [0.1, 0.15) is 5.82 Å². The van der Waals surface area contributed by atoms with Gasteiger partial charge in [-0.25, -0.2) is 13.8 Å². The van der Waals surface area contributed by atoms with Gasteiger partial charge in [0.15, 0.2) is 10.5 Å². The highest BCUT2D eigenvalue weighted by Crippen LogP contribution is 2.19. The quantitative estimate of drug-likeness (QED) is 0.758. The largest absolute Gasteiger partial charge is 0.343 e. The lowest BCUT2D eigenvalue weighted by Crippen LogP contribution is -1.93. The Morgan fingerprint density at radius 2 is 2.07 bits per heavy atom. The molecule has 15 heavy (non-hydrogen) atoms. The molecule has 0 spiro atoms. The molecule has 0 aromatic carbocycles. The molecular formula is C9H5F2N3S. The first kappa shape index (κ1) is 9.85. The molecule has 0 aliphatic heterocycles. The number of pyridine rings is 1. The van der Waals surface area contributed by atoms with Crippen LogP contribution in [0.15, 0.2) is 24.8 Å². The summed E-state index contributed by atoms with van der Waals surface area (Å²) in [4.78, 5) is 9.73. The van der Waals surface area contributed by atoms with E-state index in [-0.39, 0.29) is 10.3 Å². The molecule has 0 radical (unpaired) electrons. The van der Waals surface area contributed by atoms with Crippen molar-refractivity contribution in [2.45, 2.75) is 0 Å². The summed E-state index contributed by atoms with van der Waals surface area (Å²) in [5, 5.41) is 0. The number of hydrogen-bond donors (Lipinski definition) is 1. The fourth-order valence-corrected chi connectivity index (χ4v) is 1.30. The van der Waals surface area contributed by atoms with Gasteiger partial charge in [-0.15, -0.1) is 0 Å². The average Bonchev–Trinajstić information content (AvgIpc) is 2.22. The molecule has 3 nitrogen and oxygen atoms in total. The Bertz CT molecular complexity index is 553. The molecule has 6 heteroatoms. The predicted molar refractivity (Wildman–Crippen MR) is 52.6 cm³/mol. The van der Waals surface area contributed by atoms with Crippen molar-refractivity contribution in [2.24, 2.45) is 0 Å². The van der Waals surface area contributed by atoms with Gasteiger partial charge in [0, 0.05) is 11.8 Å². The molecule has 2 aromatic rings. The van der Waals surface area contributed by atoms with Crippen molar-refractivity contribution in [3.63, 3.8) is 0 Å². The van der Waals surface area contributed by atoms with Crippen molar-refractivity contribution < 1.29 is 8.78 Å². The van der Waals surface area contributed by atoms with Crippen LogP contribution in [0.25, 0.3) is 11.3 Å². The summed E-state index contributed by atoms with van der Waals surface area (Å²) >= 11 is 4.65. The zero-order valence-electron chi connectivity index (χ0n) is 7.37. The summed E-state index contributed by atoms with van der Waals surface area (Å²) in [5.41, 5.74) is 0.378. The lowest BCUT2D eigenvalue weighted by atomic mass is 10.2. The highest BCUT2D eigenvalue weighted by atomic mass is 32.1. The molecule has 0 atom stereocenters. The lowest BCUT2D eigenvalue weighted by Gasteiger charge is -2.02.